The first-order valence-corrected chi connectivity index (χ1v) is 7.37. The molecule has 0 atom stereocenters. The molecule has 0 radical (unpaired) electrons. The van der Waals surface area contributed by atoms with Crippen LogP contribution in [-0.4, -0.2) is 11.0 Å². The second-order valence-corrected chi connectivity index (χ2v) is 5.96. The number of nitrogens with zero attached hydrogens (tertiary/aromatic N) is 2. The van der Waals surface area contributed by atoms with Gasteiger partial charge in [-0.25, -0.2) is 4.98 Å². The quantitative estimate of drug-likeness (QED) is 0.868. The van der Waals surface area contributed by atoms with Crippen LogP contribution < -0.4 is 5.32 Å². The van der Waals surface area contributed by atoms with E-state index in [1.54, 1.807) is 6.20 Å². The van der Waals surface area contributed by atoms with Crippen LogP contribution in [0.1, 0.15) is 24.0 Å². The van der Waals surface area contributed by atoms with Crippen molar-refractivity contribution in [3.63, 3.8) is 0 Å². The second kappa shape index (κ2) is 5.38. The van der Waals surface area contributed by atoms with E-state index in [-0.39, 0.29) is 11.5 Å². The fraction of sp³-hybridized carbons (Fsp3) is 0.294. The Morgan fingerprint density at radius 1 is 1.29 bits per heavy atom. The molecule has 1 aromatic heterocycles. The van der Waals surface area contributed by atoms with Crippen LogP contribution in [0.2, 0.25) is 5.15 Å². The zero-order valence-corrected chi connectivity index (χ0v) is 12.6. The number of halogens is 1. The first kappa shape index (κ1) is 13.9. The number of benzene rings is 1. The van der Waals surface area contributed by atoms with Crippen molar-refractivity contribution < 1.29 is 0 Å². The molecule has 106 valence electrons. The highest BCUT2D eigenvalue weighted by molar-refractivity contribution is 6.32. The summed E-state index contributed by atoms with van der Waals surface area (Å²) in [5.41, 5.74) is 2.68. The van der Waals surface area contributed by atoms with Gasteiger partial charge in [0.05, 0.1) is 17.2 Å². The minimum atomic E-state index is -0.373. The van der Waals surface area contributed by atoms with Crippen LogP contribution in [0.15, 0.2) is 42.6 Å². The molecule has 0 bridgehead atoms. The van der Waals surface area contributed by atoms with Crippen LogP contribution in [0.4, 0.5) is 5.69 Å². The molecule has 2 aromatic rings. The van der Waals surface area contributed by atoms with Gasteiger partial charge in [0.25, 0.3) is 0 Å². The third-order valence-electron chi connectivity index (χ3n) is 4.19. The van der Waals surface area contributed by atoms with Crippen molar-refractivity contribution in [2.75, 3.05) is 5.32 Å². The Labute approximate surface area is 129 Å². The highest BCUT2D eigenvalue weighted by atomic mass is 35.5. The van der Waals surface area contributed by atoms with E-state index < -0.39 is 0 Å². The van der Waals surface area contributed by atoms with Gasteiger partial charge in [0.1, 0.15) is 0 Å². The average molecular weight is 298 g/mol. The smallest absolute Gasteiger partial charge is 0.152 e. The molecule has 3 nitrogen and oxygen atoms in total. The summed E-state index contributed by atoms with van der Waals surface area (Å²) in [6.07, 6.45) is 3.28. The number of nitrogens with one attached hydrogen (secondary N) is 1. The summed E-state index contributed by atoms with van der Waals surface area (Å²) in [6.45, 7) is 2.00. The largest absolute Gasteiger partial charge is 0.379 e. The van der Waals surface area contributed by atoms with Crippen LogP contribution in [0.3, 0.4) is 0 Å². The fourth-order valence-electron chi connectivity index (χ4n) is 2.93. The number of rotatable bonds is 3. The van der Waals surface area contributed by atoms with Gasteiger partial charge in [0, 0.05) is 12.2 Å². The Morgan fingerprint density at radius 2 is 2.00 bits per heavy atom. The van der Waals surface area contributed by atoms with E-state index >= 15 is 0 Å². The second-order valence-electron chi connectivity index (χ2n) is 5.60. The Kier molecular flexibility index (Phi) is 3.57. The molecule has 1 aromatic carbocycles. The molecule has 0 aliphatic heterocycles. The van der Waals surface area contributed by atoms with Gasteiger partial charge >= 0.3 is 0 Å². The number of hydrogen-bond donors (Lipinski definition) is 1. The first-order valence-electron chi connectivity index (χ1n) is 6.99. The van der Waals surface area contributed by atoms with Crippen molar-refractivity contribution in [3.8, 4) is 6.07 Å². The number of hydrogen-bond acceptors (Lipinski definition) is 3. The summed E-state index contributed by atoms with van der Waals surface area (Å²) in [4.78, 5) is 4.10. The van der Waals surface area contributed by atoms with E-state index in [4.69, 9.17) is 11.6 Å². The summed E-state index contributed by atoms with van der Waals surface area (Å²) in [7, 11) is 0. The van der Waals surface area contributed by atoms with Crippen molar-refractivity contribution >= 4 is 17.3 Å². The fourth-order valence-corrected chi connectivity index (χ4v) is 3.19. The number of aromatic nitrogens is 1. The van der Waals surface area contributed by atoms with Gasteiger partial charge in [-0.15, -0.1) is 0 Å². The summed E-state index contributed by atoms with van der Waals surface area (Å²) in [5, 5.41) is 13.5. The number of nitriles is 1. The van der Waals surface area contributed by atoms with E-state index in [0.29, 0.717) is 5.15 Å². The number of aryl methyl sites for hydroxylation is 1. The molecule has 1 aliphatic rings. The van der Waals surface area contributed by atoms with Crippen LogP contribution in [-0.2, 0) is 5.41 Å². The summed E-state index contributed by atoms with van der Waals surface area (Å²) in [6, 6.07) is 14.7. The summed E-state index contributed by atoms with van der Waals surface area (Å²) in [5.74, 6) is 0. The summed E-state index contributed by atoms with van der Waals surface area (Å²) >= 11 is 6.14. The third-order valence-corrected chi connectivity index (χ3v) is 4.48. The minimum Gasteiger partial charge on any atom is -0.379 e. The highest BCUT2D eigenvalue weighted by Gasteiger charge is 2.46. The maximum Gasteiger partial charge on any atom is 0.152 e. The van der Waals surface area contributed by atoms with Gasteiger partial charge in [-0.2, -0.15) is 5.26 Å². The maximum absolute atomic E-state index is 9.57. The van der Waals surface area contributed by atoms with Crippen molar-refractivity contribution in [2.24, 2.45) is 0 Å². The molecule has 1 aliphatic carbocycles. The van der Waals surface area contributed by atoms with E-state index in [1.807, 2.05) is 43.3 Å². The lowest BCUT2D eigenvalue weighted by molar-refractivity contribution is 0.289. The van der Waals surface area contributed by atoms with Crippen molar-refractivity contribution in [1.82, 2.24) is 4.98 Å². The van der Waals surface area contributed by atoms with E-state index in [2.05, 4.69) is 16.4 Å². The van der Waals surface area contributed by atoms with Crippen LogP contribution in [0.25, 0.3) is 0 Å². The van der Waals surface area contributed by atoms with Gasteiger partial charge in [0.2, 0.25) is 0 Å². The summed E-state index contributed by atoms with van der Waals surface area (Å²) < 4.78 is 0. The van der Waals surface area contributed by atoms with Gasteiger partial charge in [0.15, 0.2) is 5.15 Å². The minimum absolute atomic E-state index is 0.255. The van der Waals surface area contributed by atoms with E-state index in [1.165, 1.54) is 0 Å². The number of anilines is 1. The Balaban J connectivity index is 1.75. The highest BCUT2D eigenvalue weighted by Crippen LogP contribution is 2.45. The normalized spacial score (nSPS) is 24.0. The molecule has 0 spiro atoms. The van der Waals surface area contributed by atoms with Crippen molar-refractivity contribution in [2.45, 2.75) is 31.2 Å². The lowest BCUT2D eigenvalue weighted by atomic mass is 9.62. The molecule has 1 saturated carbocycles. The molecule has 0 unspecified atom stereocenters. The predicted molar refractivity (Wildman–Crippen MR) is 84.4 cm³/mol. The molecule has 0 amide bonds. The lowest BCUT2D eigenvalue weighted by Gasteiger charge is -2.44. The monoisotopic (exact) mass is 297 g/mol. The maximum atomic E-state index is 9.57. The van der Waals surface area contributed by atoms with E-state index in [0.717, 1.165) is 29.7 Å². The topological polar surface area (TPSA) is 48.7 Å². The standard InChI is InChI=1S/C17H16ClN3/c1-12-7-8-20-16(18)15(12)21-14-9-17(10-14,11-19)13-5-3-2-4-6-13/h2-8,14,21H,9-10H2,1H3. The molecule has 1 fully saturated rings. The molecule has 1 N–H and O–H groups in total. The molecular formula is C17H16ClN3. The zero-order valence-electron chi connectivity index (χ0n) is 11.8. The van der Waals surface area contributed by atoms with Crippen LogP contribution >= 0.6 is 11.6 Å². The van der Waals surface area contributed by atoms with Gasteiger partial charge in [-0.1, -0.05) is 41.9 Å². The van der Waals surface area contributed by atoms with Gasteiger partial charge < -0.3 is 5.32 Å². The molecule has 3 rings (SSSR count). The molecule has 4 heteroatoms. The van der Waals surface area contributed by atoms with Crippen molar-refractivity contribution in [3.05, 3.63) is 58.9 Å². The zero-order chi connectivity index (χ0) is 14.9. The Hall–Kier alpha value is -2.05. The van der Waals surface area contributed by atoms with E-state index in [9.17, 15) is 5.26 Å². The SMILES string of the molecule is Cc1ccnc(Cl)c1NC1CC(C#N)(c2ccccc2)C1. The predicted octanol–water partition coefficient (Wildman–Crippen LogP) is 4.08. The molecule has 1 heterocycles. The molecular weight excluding hydrogens is 282 g/mol. The molecule has 21 heavy (non-hydrogen) atoms. The Bertz CT molecular complexity index is 665. The first-order chi connectivity index (χ1) is 10.1. The third kappa shape index (κ3) is 2.48. The molecule has 0 saturated heterocycles. The van der Waals surface area contributed by atoms with Crippen LogP contribution in [0, 0.1) is 18.3 Å². The van der Waals surface area contributed by atoms with Crippen molar-refractivity contribution in [1.29, 1.82) is 5.26 Å². The lowest BCUT2D eigenvalue weighted by Crippen LogP contribution is -2.47. The van der Waals surface area contributed by atoms with Crippen LogP contribution in [0.5, 0.6) is 0 Å². The van der Waals surface area contributed by atoms with Gasteiger partial charge in [-0.3, -0.25) is 0 Å². The number of pyridine rings is 1. The Morgan fingerprint density at radius 3 is 2.62 bits per heavy atom. The average Bonchev–Trinajstić information content (AvgIpc) is 2.46. The van der Waals surface area contributed by atoms with Gasteiger partial charge in [-0.05, 0) is 37.0 Å².